The molecule has 22 heavy (non-hydrogen) atoms. The molecule has 0 spiro atoms. The van der Waals surface area contributed by atoms with Gasteiger partial charge in [-0.05, 0) is 12.3 Å². The van der Waals surface area contributed by atoms with Crippen LogP contribution in [0.2, 0.25) is 0 Å². The third-order valence-electron chi connectivity index (χ3n) is 3.80. The number of hydrogen-bond donors (Lipinski definition) is 1. The minimum atomic E-state index is -2.86. The quantitative estimate of drug-likeness (QED) is 0.847. The number of rotatable bonds is 5. The molecule has 2 aromatic rings. The van der Waals surface area contributed by atoms with Crippen molar-refractivity contribution in [3.63, 3.8) is 0 Å². The third kappa shape index (κ3) is 3.05. The normalized spacial score (nSPS) is 20.5. The lowest BCUT2D eigenvalue weighted by molar-refractivity contribution is 0.178. The van der Waals surface area contributed by atoms with E-state index in [-0.39, 0.29) is 17.4 Å². The largest absolute Gasteiger partial charge is 0.377 e. The summed E-state index contributed by atoms with van der Waals surface area (Å²) in [5, 5.41) is 8.28. The summed E-state index contributed by atoms with van der Waals surface area (Å²) in [5.41, 5.74) is 0.726. The van der Waals surface area contributed by atoms with Gasteiger partial charge in [0.05, 0.1) is 23.1 Å². The zero-order valence-corrected chi connectivity index (χ0v) is 13.4. The highest BCUT2D eigenvalue weighted by atomic mass is 32.2. The predicted molar refractivity (Wildman–Crippen MR) is 82.3 cm³/mol. The standard InChI is InChI=1S/C13H19N5O3S/c1-18-13-10(6-15-18)12(16-11(17-13)7-21-2)14-5-9-3-4-22(19,20)8-9/h6,9H,3-5,7-8H2,1-2H3,(H,14,16,17)/t9-/m1/s1. The predicted octanol–water partition coefficient (Wildman–Crippen LogP) is 0.356. The molecule has 0 saturated carbocycles. The number of hydrogen-bond acceptors (Lipinski definition) is 7. The Morgan fingerprint density at radius 2 is 2.27 bits per heavy atom. The Kier molecular flexibility index (Phi) is 4.00. The van der Waals surface area contributed by atoms with Gasteiger partial charge in [0.15, 0.2) is 21.3 Å². The van der Waals surface area contributed by atoms with E-state index in [1.165, 1.54) is 0 Å². The number of nitrogens with one attached hydrogen (secondary N) is 1. The van der Waals surface area contributed by atoms with Gasteiger partial charge in [0.2, 0.25) is 0 Å². The molecule has 1 fully saturated rings. The van der Waals surface area contributed by atoms with Crippen molar-refractivity contribution in [2.45, 2.75) is 13.0 Å². The second kappa shape index (κ2) is 5.81. The Morgan fingerprint density at radius 3 is 2.95 bits per heavy atom. The summed E-state index contributed by atoms with van der Waals surface area (Å²) in [6.07, 6.45) is 2.40. The van der Waals surface area contributed by atoms with Gasteiger partial charge in [-0.2, -0.15) is 5.10 Å². The van der Waals surface area contributed by atoms with E-state index in [0.717, 1.165) is 11.0 Å². The first-order valence-corrected chi connectivity index (χ1v) is 8.92. The molecule has 120 valence electrons. The lowest BCUT2D eigenvalue weighted by Crippen LogP contribution is -2.17. The van der Waals surface area contributed by atoms with Crippen molar-refractivity contribution in [2.24, 2.45) is 13.0 Å². The van der Waals surface area contributed by atoms with Crippen LogP contribution in [0.4, 0.5) is 5.82 Å². The maximum Gasteiger partial charge on any atom is 0.163 e. The minimum Gasteiger partial charge on any atom is -0.377 e. The summed E-state index contributed by atoms with van der Waals surface area (Å²) in [6, 6.07) is 0. The van der Waals surface area contributed by atoms with E-state index in [1.54, 1.807) is 18.0 Å². The maximum atomic E-state index is 11.5. The number of methoxy groups -OCH3 is 1. The van der Waals surface area contributed by atoms with Gasteiger partial charge >= 0.3 is 0 Å². The van der Waals surface area contributed by atoms with Crippen molar-refractivity contribution < 1.29 is 13.2 Å². The third-order valence-corrected chi connectivity index (χ3v) is 5.63. The maximum absolute atomic E-state index is 11.5. The van der Waals surface area contributed by atoms with E-state index in [0.29, 0.717) is 31.2 Å². The van der Waals surface area contributed by atoms with Crippen molar-refractivity contribution in [3.05, 3.63) is 12.0 Å². The van der Waals surface area contributed by atoms with Crippen LogP contribution in [0.3, 0.4) is 0 Å². The molecule has 1 aliphatic heterocycles. The fourth-order valence-corrected chi connectivity index (χ4v) is 4.53. The van der Waals surface area contributed by atoms with Crippen LogP contribution in [0.15, 0.2) is 6.20 Å². The number of nitrogens with zero attached hydrogens (tertiary/aromatic N) is 4. The molecule has 1 atom stereocenters. The van der Waals surface area contributed by atoms with Gasteiger partial charge < -0.3 is 10.1 Å². The summed E-state index contributed by atoms with van der Waals surface area (Å²) in [5.74, 6) is 1.89. The Morgan fingerprint density at radius 1 is 1.45 bits per heavy atom. The van der Waals surface area contributed by atoms with E-state index in [1.807, 2.05) is 7.05 Å². The molecule has 2 aromatic heterocycles. The van der Waals surface area contributed by atoms with E-state index >= 15 is 0 Å². The van der Waals surface area contributed by atoms with E-state index in [2.05, 4.69) is 20.4 Å². The van der Waals surface area contributed by atoms with Gasteiger partial charge in [-0.25, -0.2) is 18.4 Å². The Bertz CT molecular complexity index is 786. The van der Waals surface area contributed by atoms with Crippen LogP contribution < -0.4 is 5.32 Å². The van der Waals surface area contributed by atoms with Crippen LogP contribution in [-0.4, -0.2) is 53.3 Å². The summed E-state index contributed by atoms with van der Waals surface area (Å²) in [4.78, 5) is 8.87. The number of fused-ring (bicyclic) bond motifs is 1. The molecule has 0 aliphatic carbocycles. The highest BCUT2D eigenvalue weighted by Gasteiger charge is 2.27. The molecule has 3 heterocycles. The molecule has 1 N–H and O–H groups in total. The molecule has 0 radical (unpaired) electrons. The van der Waals surface area contributed by atoms with Crippen molar-refractivity contribution in [2.75, 3.05) is 30.5 Å². The summed E-state index contributed by atoms with van der Waals surface area (Å²) < 4.78 is 29.8. The topological polar surface area (TPSA) is 99.0 Å². The molecule has 8 nitrogen and oxygen atoms in total. The fraction of sp³-hybridized carbons (Fsp3) is 0.615. The molecule has 0 unspecified atom stereocenters. The Balaban J connectivity index is 1.83. The Hall–Kier alpha value is -1.74. The van der Waals surface area contributed by atoms with Crippen LogP contribution in [0, 0.1) is 5.92 Å². The van der Waals surface area contributed by atoms with Crippen molar-refractivity contribution >= 4 is 26.7 Å². The number of aryl methyl sites for hydroxylation is 1. The molecule has 3 rings (SSSR count). The molecular formula is C13H19N5O3S. The van der Waals surface area contributed by atoms with E-state index in [9.17, 15) is 8.42 Å². The number of anilines is 1. The van der Waals surface area contributed by atoms with Crippen LogP contribution in [0.1, 0.15) is 12.2 Å². The van der Waals surface area contributed by atoms with Crippen molar-refractivity contribution in [1.82, 2.24) is 19.7 Å². The SMILES string of the molecule is COCc1nc(NC[C@H]2CCS(=O)(=O)C2)c2cnn(C)c2n1. The Labute approximate surface area is 128 Å². The average molecular weight is 325 g/mol. The minimum absolute atomic E-state index is 0.123. The monoisotopic (exact) mass is 325 g/mol. The lowest BCUT2D eigenvalue weighted by Gasteiger charge is -2.12. The molecule has 1 saturated heterocycles. The first kappa shape index (κ1) is 15.2. The lowest BCUT2D eigenvalue weighted by atomic mass is 10.1. The van der Waals surface area contributed by atoms with Gasteiger partial charge in [-0.3, -0.25) is 4.68 Å². The molecule has 9 heteroatoms. The first-order chi connectivity index (χ1) is 10.5. The van der Waals surface area contributed by atoms with E-state index < -0.39 is 9.84 Å². The molecular weight excluding hydrogens is 306 g/mol. The second-order valence-corrected chi connectivity index (χ2v) is 7.81. The van der Waals surface area contributed by atoms with Gasteiger partial charge in [0.1, 0.15) is 12.4 Å². The zero-order chi connectivity index (χ0) is 15.7. The van der Waals surface area contributed by atoms with Crippen LogP contribution in [0.25, 0.3) is 11.0 Å². The zero-order valence-electron chi connectivity index (χ0n) is 12.6. The second-order valence-electron chi connectivity index (χ2n) is 5.58. The number of sulfone groups is 1. The van der Waals surface area contributed by atoms with Gasteiger partial charge in [-0.15, -0.1) is 0 Å². The summed E-state index contributed by atoms with van der Waals surface area (Å²) in [6.45, 7) is 0.889. The van der Waals surface area contributed by atoms with Crippen LogP contribution in [0.5, 0.6) is 0 Å². The van der Waals surface area contributed by atoms with Crippen LogP contribution >= 0.6 is 0 Å². The number of ether oxygens (including phenoxy) is 1. The average Bonchev–Trinajstić information content (AvgIpc) is 3.00. The first-order valence-electron chi connectivity index (χ1n) is 7.10. The van der Waals surface area contributed by atoms with Gasteiger partial charge in [0.25, 0.3) is 0 Å². The smallest absolute Gasteiger partial charge is 0.163 e. The van der Waals surface area contributed by atoms with Crippen molar-refractivity contribution in [1.29, 1.82) is 0 Å². The molecule has 1 aliphatic rings. The van der Waals surface area contributed by atoms with Crippen molar-refractivity contribution in [3.8, 4) is 0 Å². The van der Waals surface area contributed by atoms with Crippen LogP contribution in [-0.2, 0) is 28.2 Å². The molecule has 0 bridgehead atoms. The summed E-state index contributed by atoms with van der Waals surface area (Å²) >= 11 is 0. The molecule has 0 amide bonds. The van der Waals surface area contributed by atoms with Gasteiger partial charge in [-0.1, -0.05) is 0 Å². The highest BCUT2D eigenvalue weighted by molar-refractivity contribution is 7.91. The summed E-state index contributed by atoms with van der Waals surface area (Å²) in [7, 11) is 0.545. The highest BCUT2D eigenvalue weighted by Crippen LogP contribution is 2.23. The fourth-order valence-electron chi connectivity index (χ4n) is 2.67. The number of aromatic nitrogens is 4. The van der Waals surface area contributed by atoms with Gasteiger partial charge in [0, 0.05) is 20.7 Å². The molecule has 0 aromatic carbocycles. The van der Waals surface area contributed by atoms with E-state index in [4.69, 9.17) is 4.74 Å².